The van der Waals surface area contributed by atoms with Gasteiger partial charge in [-0.1, -0.05) is 58.3 Å². The average molecular weight is 469 g/mol. The third-order valence-corrected chi connectivity index (χ3v) is 10.4. The molecule has 3 nitrogen and oxygen atoms in total. The van der Waals surface area contributed by atoms with E-state index in [0.29, 0.717) is 6.10 Å². The maximum absolute atomic E-state index is 6.28. The zero-order chi connectivity index (χ0) is 23.2. The molecule has 0 N–H and O–H groups in total. The second kappa shape index (κ2) is 16.7. The first kappa shape index (κ1) is 28.3. The molecule has 190 valence electrons. The predicted octanol–water partition coefficient (Wildman–Crippen LogP) is 8.19. The summed E-state index contributed by atoms with van der Waals surface area (Å²) in [6, 6.07) is 1.06. The van der Waals surface area contributed by atoms with E-state index in [1.54, 1.807) is 0 Å². The van der Waals surface area contributed by atoms with Crippen molar-refractivity contribution in [2.45, 2.75) is 155 Å². The molecule has 2 aliphatic rings. The van der Waals surface area contributed by atoms with Gasteiger partial charge in [-0.2, -0.15) is 0 Å². The Morgan fingerprint density at radius 3 is 1.81 bits per heavy atom. The van der Waals surface area contributed by atoms with Crippen molar-refractivity contribution in [3.63, 3.8) is 0 Å². The lowest BCUT2D eigenvalue weighted by atomic mass is 9.70. The first-order chi connectivity index (χ1) is 15.5. The standard InChI is InChI=1S/C28H56O3Si/c1-6-7-8-9-10-12-25-13-15-26(16-14-25)27-17-19-28(20-18-27)29-21-11-22-32(30-23(2)3)31-24(4)5/h23-28,32H,6-22H2,1-5H3/t25-,26-,27-,28-. The van der Waals surface area contributed by atoms with Crippen LogP contribution in [0.1, 0.15) is 131 Å². The molecule has 0 aromatic rings. The summed E-state index contributed by atoms with van der Waals surface area (Å²) in [5, 5.41) is 0. The Kier molecular flexibility index (Phi) is 14.8. The summed E-state index contributed by atoms with van der Waals surface area (Å²) in [7, 11) is -1.55. The maximum atomic E-state index is 6.28. The molecule has 2 aliphatic carbocycles. The molecule has 2 fully saturated rings. The molecule has 0 radical (unpaired) electrons. The highest BCUT2D eigenvalue weighted by atomic mass is 28.3. The Labute approximate surface area is 202 Å². The quantitative estimate of drug-likeness (QED) is 0.169. The van der Waals surface area contributed by atoms with E-state index in [0.717, 1.165) is 36.8 Å². The van der Waals surface area contributed by atoms with E-state index in [-0.39, 0.29) is 12.2 Å². The molecular weight excluding hydrogens is 412 g/mol. The molecule has 0 bridgehead atoms. The third kappa shape index (κ3) is 12.0. The Morgan fingerprint density at radius 1 is 0.688 bits per heavy atom. The maximum Gasteiger partial charge on any atom is 0.321 e. The van der Waals surface area contributed by atoms with Crippen molar-refractivity contribution < 1.29 is 13.6 Å². The number of unbranched alkanes of at least 4 members (excludes halogenated alkanes) is 4. The van der Waals surface area contributed by atoms with Crippen LogP contribution in [-0.2, 0) is 13.6 Å². The van der Waals surface area contributed by atoms with Gasteiger partial charge in [-0.3, -0.25) is 0 Å². The molecule has 32 heavy (non-hydrogen) atoms. The summed E-state index contributed by atoms with van der Waals surface area (Å²) in [6.07, 6.45) is 22.2. The van der Waals surface area contributed by atoms with Gasteiger partial charge in [-0.05, 0) is 96.4 Å². The van der Waals surface area contributed by atoms with Crippen LogP contribution in [0.5, 0.6) is 0 Å². The first-order valence-corrected chi connectivity index (χ1v) is 16.2. The molecule has 0 amide bonds. The van der Waals surface area contributed by atoms with Crippen molar-refractivity contribution in [2.24, 2.45) is 17.8 Å². The van der Waals surface area contributed by atoms with Crippen LogP contribution in [0.2, 0.25) is 6.04 Å². The molecule has 0 aromatic heterocycles. The van der Waals surface area contributed by atoms with Crippen molar-refractivity contribution in [1.29, 1.82) is 0 Å². The second-order valence-corrected chi connectivity index (χ2v) is 13.3. The van der Waals surface area contributed by atoms with E-state index in [9.17, 15) is 0 Å². The Morgan fingerprint density at radius 2 is 1.25 bits per heavy atom. The summed E-state index contributed by atoms with van der Waals surface area (Å²) in [6.45, 7) is 11.6. The molecule has 2 rings (SSSR count). The molecule has 2 saturated carbocycles. The zero-order valence-electron chi connectivity index (χ0n) is 22.3. The van der Waals surface area contributed by atoms with Crippen LogP contribution in [0.4, 0.5) is 0 Å². The van der Waals surface area contributed by atoms with Crippen molar-refractivity contribution >= 4 is 9.28 Å². The van der Waals surface area contributed by atoms with Crippen molar-refractivity contribution in [1.82, 2.24) is 0 Å². The van der Waals surface area contributed by atoms with Crippen molar-refractivity contribution in [2.75, 3.05) is 6.61 Å². The van der Waals surface area contributed by atoms with Gasteiger partial charge in [0.1, 0.15) is 0 Å². The van der Waals surface area contributed by atoms with Crippen LogP contribution in [-0.4, -0.2) is 34.2 Å². The van der Waals surface area contributed by atoms with Gasteiger partial charge in [0, 0.05) is 18.8 Å². The SMILES string of the molecule is CCCCCCC[C@H]1CC[C@H]([C@H]2CC[C@H](OCCC[SiH](OC(C)C)OC(C)C)CC2)CC1. The normalized spacial score (nSPS) is 27.0. The monoisotopic (exact) mass is 468 g/mol. The largest absolute Gasteiger partial charge is 0.394 e. The van der Waals surface area contributed by atoms with Gasteiger partial charge in [0.15, 0.2) is 0 Å². The topological polar surface area (TPSA) is 27.7 Å². The Hall–Kier alpha value is 0.0969. The number of rotatable bonds is 16. The predicted molar refractivity (Wildman–Crippen MR) is 140 cm³/mol. The highest BCUT2D eigenvalue weighted by Gasteiger charge is 2.31. The van der Waals surface area contributed by atoms with Gasteiger partial charge in [-0.15, -0.1) is 0 Å². The lowest BCUT2D eigenvalue weighted by molar-refractivity contribution is 0.00628. The van der Waals surface area contributed by atoms with Crippen LogP contribution in [0.3, 0.4) is 0 Å². The minimum atomic E-state index is -1.55. The highest BCUT2D eigenvalue weighted by Crippen LogP contribution is 2.41. The van der Waals surface area contributed by atoms with E-state index >= 15 is 0 Å². The molecule has 0 saturated heterocycles. The van der Waals surface area contributed by atoms with Crippen LogP contribution in [0, 0.1) is 17.8 Å². The van der Waals surface area contributed by atoms with Gasteiger partial charge in [-0.25, -0.2) is 0 Å². The van der Waals surface area contributed by atoms with Crippen LogP contribution >= 0.6 is 0 Å². The summed E-state index contributed by atoms with van der Waals surface area (Å²) in [5.74, 6) is 3.04. The molecule has 0 unspecified atom stereocenters. The number of hydrogen-bond acceptors (Lipinski definition) is 3. The lowest BCUT2D eigenvalue weighted by Crippen LogP contribution is -2.30. The fourth-order valence-corrected chi connectivity index (χ4v) is 8.04. The van der Waals surface area contributed by atoms with E-state index in [2.05, 4.69) is 34.6 Å². The summed E-state index contributed by atoms with van der Waals surface area (Å²) >= 11 is 0. The van der Waals surface area contributed by atoms with Gasteiger partial charge < -0.3 is 13.6 Å². The van der Waals surface area contributed by atoms with Crippen LogP contribution in [0.25, 0.3) is 0 Å². The fourth-order valence-electron chi connectivity index (χ4n) is 5.99. The molecule has 0 atom stereocenters. The Bertz CT molecular complexity index is 430. The molecule has 0 heterocycles. The van der Waals surface area contributed by atoms with E-state index < -0.39 is 9.28 Å². The van der Waals surface area contributed by atoms with Gasteiger partial charge in [0.2, 0.25) is 0 Å². The first-order valence-electron chi connectivity index (χ1n) is 14.4. The van der Waals surface area contributed by atoms with Gasteiger partial charge in [0.05, 0.1) is 6.10 Å². The van der Waals surface area contributed by atoms with Crippen LogP contribution < -0.4 is 0 Å². The van der Waals surface area contributed by atoms with E-state index in [1.165, 1.54) is 89.9 Å². The van der Waals surface area contributed by atoms with E-state index in [4.69, 9.17) is 13.6 Å². The molecule has 4 heteroatoms. The average Bonchev–Trinajstić information content (AvgIpc) is 2.76. The zero-order valence-corrected chi connectivity index (χ0v) is 23.4. The van der Waals surface area contributed by atoms with Crippen LogP contribution in [0.15, 0.2) is 0 Å². The third-order valence-electron chi connectivity index (χ3n) is 7.78. The molecule has 0 spiro atoms. The summed E-state index contributed by atoms with van der Waals surface area (Å²) in [4.78, 5) is 0. The highest BCUT2D eigenvalue weighted by molar-refractivity contribution is 6.44. The number of hydrogen-bond donors (Lipinski definition) is 0. The van der Waals surface area contributed by atoms with E-state index in [1.807, 2.05) is 0 Å². The second-order valence-electron chi connectivity index (χ2n) is 11.3. The Balaban J connectivity index is 1.53. The molecular formula is C28H56O3Si. The smallest absolute Gasteiger partial charge is 0.321 e. The number of ether oxygens (including phenoxy) is 1. The molecule has 0 aliphatic heterocycles. The van der Waals surface area contributed by atoms with Gasteiger partial charge in [0.25, 0.3) is 0 Å². The van der Waals surface area contributed by atoms with Gasteiger partial charge >= 0.3 is 9.28 Å². The fraction of sp³-hybridized carbons (Fsp3) is 1.00. The minimum Gasteiger partial charge on any atom is -0.394 e. The van der Waals surface area contributed by atoms with Crippen molar-refractivity contribution in [3.05, 3.63) is 0 Å². The molecule has 0 aromatic carbocycles. The minimum absolute atomic E-state index is 0.266. The summed E-state index contributed by atoms with van der Waals surface area (Å²) < 4.78 is 18.4. The van der Waals surface area contributed by atoms with Crippen molar-refractivity contribution in [3.8, 4) is 0 Å². The lowest BCUT2D eigenvalue weighted by Gasteiger charge is -2.38. The summed E-state index contributed by atoms with van der Waals surface area (Å²) in [5.41, 5.74) is 0.